The second-order valence-electron chi connectivity index (χ2n) is 7.96. The van der Waals surface area contributed by atoms with E-state index < -0.39 is 0 Å². The maximum Gasteiger partial charge on any atom is 0.330 e. The van der Waals surface area contributed by atoms with Crippen molar-refractivity contribution >= 4 is 0 Å². The zero-order chi connectivity index (χ0) is 16.3. The summed E-state index contributed by atoms with van der Waals surface area (Å²) < 4.78 is 2.66. The van der Waals surface area contributed by atoms with Crippen LogP contribution in [0.5, 0.6) is 0 Å². The lowest BCUT2D eigenvalue weighted by Gasteiger charge is -2.39. The molecule has 2 aliphatic carbocycles. The van der Waals surface area contributed by atoms with Gasteiger partial charge in [-0.15, -0.1) is 0 Å². The van der Waals surface area contributed by atoms with Crippen molar-refractivity contribution in [2.45, 2.75) is 52.6 Å². The Morgan fingerprint density at radius 1 is 1.27 bits per heavy atom. The number of aryl methyl sites for hydroxylation is 1. The smallest absolute Gasteiger partial charge is 0.309 e. The van der Waals surface area contributed by atoms with Crippen molar-refractivity contribution in [3.63, 3.8) is 0 Å². The fourth-order valence-corrected chi connectivity index (χ4v) is 4.75. The van der Waals surface area contributed by atoms with Gasteiger partial charge in [-0.3, -0.25) is 9.36 Å². The van der Waals surface area contributed by atoms with Crippen LogP contribution in [0.3, 0.4) is 0 Å². The summed E-state index contributed by atoms with van der Waals surface area (Å²) in [7, 11) is 3.23. The van der Waals surface area contributed by atoms with Crippen LogP contribution in [0.2, 0.25) is 0 Å². The van der Waals surface area contributed by atoms with Gasteiger partial charge in [0.15, 0.2) is 0 Å². The van der Waals surface area contributed by atoms with Crippen LogP contribution >= 0.6 is 0 Å². The predicted molar refractivity (Wildman–Crippen MR) is 86.8 cm³/mol. The molecule has 2 saturated carbocycles. The molecule has 3 atom stereocenters. The van der Waals surface area contributed by atoms with Crippen molar-refractivity contribution in [1.82, 2.24) is 14.5 Å². The van der Waals surface area contributed by atoms with Crippen molar-refractivity contribution in [1.29, 1.82) is 0 Å². The van der Waals surface area contributed by atoms with E-state index in [2.05, 4.69) is 26.1 Å². The van der Waals surface area contributed by atoms with Crippen LogP contribution in [0, 0.1) is 16.7 Å². The van der Waals surface area contributed by atoms with Gasteiger partial charge in [-0.25, -0.2) is 4.79 Å². The largest absolute Gasteiger partial charge is 0.330 e. The van der Waals surface area contributed by atoms with Gasteiger partial charge in [0.05, 0.1) is 0 Å². The molecule has 0 spiro atoms. The lowest BCUT2D eigenvalue weighted by molar-refractivity contribution is 0.120. The molecule has 0 radical (unpaired) electrons. The lowest BCUT2D eigenvalue weighted by Crippen LogP contribution is -2.46. The molecule has 0 aliphatic heterocycles. The number of hydrogen-bond donors (Lipinski definition) is 1. The Morgan fingerprint density at radius 3 is 2.50 bits per heavy atom. The lowest BCUT2D eigenvalue weighted by atomic mass is 9.69. The molecule has 1 N–H and O–H groups in total. The first kappa shape index (κ1) is 15.5. The van der Waals surface area contributed by atoms with Gasteiger partial charge in [-0.1, -0.05) is 20.8 Å². The third-order valence-electron chi connectivity index (χ3n) is 6.85. The van der Waals surface area contributed by atoms with Crippen molar-refractivity contribution in [2.24, 2.45) is 30.8 Å². The molecular weight excluding hydrogens is 278 g/mol. The molecule has 3 rings (SSSR count). The highest BCUT2D eigenvalue weighted by Gasteiger charge is 2.60. The van der Waals surface area contributed by atoms with Gasteiger partial charge in [0.2, 0.25) is 0 Å². The molecule has 2 bridgehead atoms. The molecule has 3 unspecified atom stereocenters. The van der Waals surface area contributed by atoms with E-state index in [1.54, 1.807) is 13.2 Å². The Bertz CT molecular complexity index is 716. The highest BCUT2D eigenvalue weighted by atomic mass is 16.2. The third kappa shape index (κ3) is 1.94. The van der Waals surface area contributed by atoms with E-state index in [0.29, 0.717) is 29.0 Å². The van der Waals surface area contributed by atoms with Gasteiger partial charge in [0.25, 0.3) is 5.56 Å². The first-order valence-corrected chi connectivity index (χ1v) is 8.17. The summed E-state index contributed by atoms with van der Waals surface area (Å²) in [5.74, 6) is 0.776. The average Bonchev–Trinajstić information content (AvgIpc) is 2.80. The van der Waals surface area contributed by atoms with E-state index >= 15 is 0 Å². The van der Waals surface area contributed by atoms with E-state index in [1.807, 2.05) is 0 Å². The molecule has 1 heterocycles. The number of hydrogen-bond acceptors (Lipinski definition) is 3. The topological polar surface area (TPSA) is 56.0 Å². The minimum absolute atomic E-state index is 0.192. The van der Waals surface area contributed by atoms with Gasteiger partial charge in [0, 0.05) is 38.4 Å². The summed E-state index contributed by atoms with van der Waals surface area (Å²) in [6.45, 7) is 7.69. The zero-order valence-corrected chi connectivity index (χ0v) is 14.3. The fourth-order valence-electron chi connectivity index (χ4n) is 4.75. The number of nitrogens with one attached hydrogen (secondary N) is 1. The summed E-state index contributed by atoms with van der Waals surface area (Å²) in [6, 6.07) is 0.447. The van der Waals surface area contributed by atoms with E-state index in [-0.39, 0.29) is 11.2 Å². The highest BCUT2D eigenvalue weighted by molar-refractivity contribution is 5.14. The molecule has 2 aliphatic rings. The van der Waals surface area contributed by atoms with Crippen molar-refractivity contribution < 1.29 is 0 Å². The molecule has 5 nitrogen and oxygen atoms in total. The Kier molecular flexibility index (Phi) is 3.40. The maximum atomic E-state index is 12.2. The first-order valence-electron chi connectivity index (χ1n) is 8.17. The Hall–Kier alpha value is -1.36. The van der Waals surface area contributed by atoms with Crippen LogP contribution in [0.25, 0.3) is 0 Å². The number of nitrogens with zero attached hydrogens (tertiary/aromatic N) is 2. The van der Waals surface area contributed by atoms with E-state index in [9.17, 15) is 9.59 Å². The summed E-state index contributed by atoms with van der Waals surface area (Å²) in [5.41, 5.74) is 0.849. The van der Waals surface area contributed by atoms with Crippen molar-refractivity contribution in [3.05, 3.63) is 32.6 Å². The quantitative estimate of drug-likeness (QED) is 0.918. The van der Waals surface area contributed by atoms with E-state index in [0.717, 1.165) is 5.92 Å². The second-order valence-corrected chi connectivity index (χ2v) is 7.96. The van der Waals surface area contributed by atoms with E-state index in [4.69, 9.17) is 0 Å². The van der Waals surface area contributed by atoms with Gasteiger partial charge in [-0.2, -0.15) is 0 Å². The molecule has 5 heteroatoms. The number of aromatic nitrogens is 2. The average molecular weight is 305 g/mol. The Balaban J connectivity index is 1.81. The number of rotatable bonds is 3. The van der Waals surface area contributed by atoms with Gasteiger partial charge in [0.1, 0.15) is 0 Å². The minimum atomic E-state index is -0.276. The zero-order valence-electron chi connectivity index (χ0n) is 14.3. The summed E-state index contributed by atoms with van der Waals surface area (Å²) >= 11 is 0. The molecule has 0 amide bonds. The molecule has 122 valence electrons. The SMILES string of the molecule is Cn1cc(CNC2CC3CCC2(C)C3(C)C)c(=O)n(C)c1=O. The fraction of sp³-hybridized carbons (Fsp3) is 0.765. The molecule has 22 heavy (non-hydrogen) atoms. The minimum Gasteiger partial charge on any atom is -0.309 e. The van der Waals surface area contributed by atoms with Gasteiger partial charge >= 0.3 is 5.69 Å². The highest BCUT2D eigenvalue weighted by Crippen LogP contribution is 2.65. The van der Waals surface area contributed by atoms with Crippen LogP contribution in [-0.2, 0) is 20.6 Å². The summed E-state index contributed by atoms with van der Waals surface area (Å²) in [6.07, 6.45) is 5.44. The number of fused-ring (bicyclic) bond motifs is 2. The van der Waals surface area contributed by atoms with Crippen LogP contribution in [0.4, 0.5) is 0 Å². The Labute approximate surface area is 131 Å². The second kappa shape index (κ2) is 4.82. The van der Waals surface area contributed by atoms with Crippen LogP contribution in [0.1, 0.15) is 45.6 Å². The molecular formula is C17H27N3O2. The standard InChI is InChI=1S/C17H27N3O2/c1-16(2)12-6-7-17(16,3)13(8-12)18-9-11-10-19(4)15(22)20(5)14(11)21/h10,12-13,18H,6-9H2,1-5H3. The Morgan fingerprint density at radius 2 is 1.95 bits per heavy atom. The van der Waals surface area contributed by atoms with Gasteiger partial charge < -0.3 is 9.88 Å². The molecule has 2 fully saturated rings. The molecule has 0 aromatic carbocycles. The first-order chi connectivity index (χ1) is 10.2. The van der Waals surface area contributed by atoms with Crippen LogP contribution in [0.15, 0.2) is 15.8 Å². The summed E-state index contributed by atoms with van der Waals surface area (Å²) in [4.78, 5) is 24.0. The summed E-state index contributed by atoms with van der Waals surface area (Å²) in [5, 5.41) is 3.61. The molecule has 0 saturated heterocycles. The maximum absolute atomic E-state index is 12.2. The van der Waals surface area contributed by atoms with Crippen molar-refractivity contribution in [3.8, 4) is 0 Å². The van der Waals surface area contributed by atoms with Crippen LogP contribution < -0.4 is 16.6 Å². The predicted octanol–water partition coefficient (Wildman–Crippen LogP) is 1.39. The molecule has 1 aromatic rings. The van der Waals surface area contributed by atoms with E-state index in [1.165, 1.54) is 35.4 Å². The third-order valence-corrected chi connectivity index (χ3v) is 6.85. The monoisotopic (exact) mass is 305 g/mol. The molecule has 1 aromatic heterocycles. The van der Waals surface area contributed by atoms with Crippen molar-refractivity contribution in [2.75, 3.05) is 0 Å². The normalized spacial score (nSPS) is 32.6. The van der Waals surface area contributed by atoms with Gasteiger partial charge in [-0.05, 0) is 36.0 Å². The van der Waals surface area contributed by atoms with Crippen LogP contribution in [-0.4, -0.2) is 15.2 Å².